The lowest BCUT2D eigenvalue weighted by Crippen LogP contribution is -2.44. The molecule has 0 aromatic heterocycles. The van der Waals surface area contributed by atoms with Crippen molar-refractivity contribution in [1.29, 1.82) is 0 Å². The Hall–Kier alpha value is -0.610. The molecule has 1 unspecified atom stereocenters. The molecule has 1 aliphatic rings. The fourth-order valence-electron chi connectivity index (χ4n) is 1.81. The molecule has 4 nitrogen and oxygen atoms in total. The zero-order valence-corrected chi connectivity index (χ0v) is 8.83. The van der Waals surface area contributed by atoms with E-state index in [2.05, 4.69) is 12.2 Å². The average Bonchev–Trinajstić information content (AvgIpc) is 2.34. The highest BCUT2D eigenvalue weighted by Crippen LogP contribution is 2.05. The van der Waals surface area contributed by atoms with Crippen LogP contribution in [0, 0.1) is 0 Å². The van der Waals surface area contributed by atoms with E-state index >= 15 is 0 Å². The molecule has 0 aromatic rings. The fourth-order valence-corrected chi connectivity index (χ4v) is 1.81. The summed E-state index contributed by atoms with van der Waals surface area (Å²) in [7, 11) is 0. The van der Waals surface area contributed by atoms with Crippen LogP contribution in [0.2, 0.25) is 0 Å². The van der Waals surface area contributed by atoms with E-state index in [4.69, 9.17) is 5.11 Å². The van der Waals surface area contributed by atoms with Gasteiger partial charge in [-0.3, -0.25) is 4.79 Å². The minimum Gasteiger partial charge on any atom is -0.396 e. The summed E-state index contributed by atoms with van der Waals surface area (Å²) in [6, 6.07) is -0.172. The maximum atomic E-state index is 11.9. The molecule has 2 N–H and O–H groups in total. The highest BCUT2D eigenvalue weighted by Gasteiger charge is 2.25. The van der Waals surface area contributed by atoms with Gasteiger partial charge in [-0.2, -0.15) is 0 Å². The van der Waals surface area contributed by atoms with Crippen molar-refractivity contribution in [3.8, 4) is 0 Å². The smallest absolute Gasteiger partial charge is 0.239 e. The van der Waals surface area contributed by atoms with Crippen LogP contribution in [-0.4, -0.2) is 48.2 Å². The molecule has 0 aromatic carbocycles. The monoisotopic (exact) mass is 200 g/mol. The van der Waals surface area contributed by atoms with E-state index in [0.29, 0.717) is 6.42 Å². The van der Waals surface area contributed by atoms with Crippen molar-refractivity contribution in [3.05, 3.63) is 0 Å². The number of hydrogen-bond acceptors (Lipinski definition) is 3. The Balaban J connectivity index is 2.54. The van der Waals surface area contributed by atoms with Crippen molar-refractivity contribution in [1.82, 2.24) is 10.2 Å². The molecule has 1 aliphatic heterocycles. The van der Waals surface area contributed by atoms with Gasteiger partial charge in [-0.25, -0.2) is 0 Å². The van der Waals surface area contributed by atoms with Gasteiger partial charge in [0.05, 0.1) is 6.04 Å². The van der Waals surface area contributed by atoms with E-state index in [0.717, 1.165) is 32.5 Å². The van der Waals surface area contributed by atoms with Crippen LogP contribution in [0.25, 0.3) is 0 Å². The van der Waals surface area contributed by atoms with Crippen LogP contribution in [0.1, 0.15) is 26.2 Å². The molecule has 0 spiro atoms. The first-order valence-electron chi connectivity index (χ1n) is 5.42. The van der Waals surface area contributed by atoms with E-state index < -0.39 is 0 Å². The molecule has 1 fully saturated rings. The summed E-state index contributed by atoms with van der Waals surface area (Å²) in [5, 5.41) is 12.0. The number of amides is 1. The molecular weight excluding hydrogens is 180 g/mol. The predicted molar refractivity (Wildman–Crippen MR) is 55.0 cm³/mol. The summed E-state index contributed by atoms with van der Waals surface area (Å²) in [5.74, 6) is 0.151. The van der Waals surface area contributed by atoms with Crippen molar-refractivity contribution in [3.63, 3.8) is 0 Å². The molecule has 1 rings (SSSR count). The zero-order valence-electron chi connectivity index (χ0n) is 8.83. The van der Waals surface area contributed by atoms with Gasteiger partial charge in [0, 0.05) is 19.7 Å². The summed E-state index contributed by atoms with van der Waals surface area (Å²) < 4.78 is 0. The molecule has 4 heteroatoms. The topological polar surface area (TPSA) is 52.6 Å². The van der Waals surface area contributed by atoms with E-state index in [1.807, 2.05) is 4.90 Å². The zero-order chi connectivity index (χ0) is 10.4. The first-order valence-corrected chi connectivity index (χ1v) is 5.42. The van der Waals surface area contributed by atoms with E-state index in [1.165, 1.54) is 0 Å². The third kappa shape index (κ3) is 2.96. The van der Waals surface area contributed by atoms with E-state index in [1.54, 1.807) is 0 Å². The lowest BCUT2D eigenvalue weighted by Gasteiger charge is -2.23. The van der Waals surface area contributed by atoms with Gasteiger partial charge in [0.1, 0.15) is 0 Å². The van der Waals surface area contributed by atoms with Crippen molar-refractivity contribution < 1.29 is 9.90 Å². The Labute approximate surface area is 85.3 Å². The standard InChI is InChI=1S/C10H20N2O2/c1-2-6-12-7-3-5-11-9(4-8-13)10(12)14/h9,11,13H,2-8H2,1H3. The molecule has 1 saturated heterocycles. The number of aliphatic hydroxyl groups is 1. The number of nitrogens with zero attached hydrogens (tertiary/aromatic N) is 1. The second-order valence-electron chi connectivity index (χ2n) is 3.70. The van der Waals surface area contributed by atoms with Gasteiger partial charge in [0.15, 0.2) is 0 Å². The van der Waals surface area contributed by atoms with Crippen LogP contribution in [0.15, 0.2) is 0 Å². The van der Waals surface area contributed by atoms with Crippen molar-refractivity contribution in [2.24, 2.45) is 0 Å². The Bertz CT molecular complexity index is 167. The molecule has 82 valence electrons. The largest absolute Gasteiger partial charge is 0.396 e. The molecule has 1 amide bonds. The molecule has 0 bridgehead atoms. The first kappa shape index (κ1) is 11.5. The summed E-state index contributed by atoms with van der Waals surface area (Å²) in [4.78, 5) is 13.8. The minimum absolute atomic E-state index is 0.0728. The number of nitrogens with one attached hydrogen (secondary N) is 1. The molecule has 1 atom stereocenters. The third-order valence-electron chi connectivity index (χ3n) is 2.52. The third-order valence-corrected chi connectivity index (χ3v) is 2.52. The number of aliphatic hydroxyl groups excluding tert-OH is 1. The second kappa shape index (κ2) is 5.98. The molecule has 0 radical (unpaired) electrons. The fraction of sp³-hybridized carbons (Fsp3) is 0.900. The van der Waals surface area contributed by atoms with E-state index in [9.17, 15) is 4.79 Å². The number of carbonyl (C=O) groups excluding carboxylic acids is 1. The maximum Gasteiger partial charge on any atom is 0.239 e. The SMILES string of the molecule is CCCN1CCCNC(CCO)C1=O. The number of hydrogen-bond donors (Lipinski definition) is 2. The highest BCUT2D eigenvalue weighted by molar-refractivity contribution is 5.82. The van der Waals surface area contributed by atoms with Crippen LogP contribution in [0.5, 0.6) is 0 Å². The van der Waals surface area contributed by atoms with Gasteiger partial charge < -0.3 is 15.3 Å². The van der Waals surface area contributed by atoms with Crippen LogP contribution in [-0.2, 0) is 4.79 Å². The van der Waals surface area contributed by atoms with E-state index in [-0.39, 0.29) is 18.6 Å². The lowest BCUT2D eigenvalue weighted by atomic mass is 10.2. The van der Waals surface area contributed by atoms with Crippen LogP contribution in [0.3, 0.4) is 0 Å². The number of rotatable bonds is 4. The summed E-state index contributed by atoms with van der Waals surface area (Å²) >= 11 is 0. The molecule has 1 heterocycles. The normalized spacial score (nSPS) is 23.7. The van der Waals surface area contributed by atoms with Gasteiger partial charge in [-0.15, -0.1) is 0 Å². The quantitative estimate of drug-likeness (QED) is 0.670. The van der Waals surface area contributed by atoms with Gasteiger partial charge in [-0.1, -0.05) is 6.92 Å². The van der Waals surface area contributed by atoms with Gasteiger partial charge in [0.2, 0.25) is 5.91 Å². The van der Waals surface area contributed by atoms with Gasteiger partial charge in [-0.05, 0) is 25.8 Å². The van der Waals surface area contributed by atoms with Crippen LogP contribution >= 0.6 is 0 Å². The second-order valence-corrected chi connectivity index (χ2v) is 3.70. The summed E-state index contributed by atoms with van der Waals surface area (Å²) in [6.07, 6.45) is 2.53. The highest BCUT2D eigenvalue weighted by atomic mass is 16.3. The Morgan fingerprint density at radius 1 is 1.64 bits per heavy atom. The maximum absolute atomic E-state index is 11.9. The predicted octanol–water partition coefficient (Wildman–Crippen LogP) is -0.0307. The first-order chi connectivity index (χ1) is 6.79. The molecule has 0 aliphatic carbocycles. The molecule has 14 heavy (non-hydrogen) atoms. The lowest BCUT2D eigenvalue weighted by molar-refractivity contribution is -0.133. The molecule has 0 saturated carbocycles. The average molecular weight is 200 g/mol. The van der Waals surface area contributed by atoms with Crippen molar-refractivity contribution >= 4 is 5.91 Å². The Kier molecular flexibility index (Phi) is 4.90. The van der Waals surface area contributed by atoms with Crippen LogP contribution in [0.4, 0.5) is 0 Å². The van der Waals surface area contributed by atoms with Crippen molar-refractivity contribution in [2.75, 3.05) is 26.2 Å². The molecular formula is C10H20N2O2. The van der Waals surface area contributed by atoms with Gasteiger partial charge >= 0.3 is 0 Å². The van der Waals surface area contributed by atoms with Crippen LogP contribution < -0.4 is 5.32 Å². The number of carbonyl (C=O) groups is 1. The van der Waals surface area contributed by atoms with Crippen molar-refractivity contribution in [2.45, 2.75) is 32.2 Å². The van der Waals surface area contributed by atoms with Gasteiger partial charge in [0.25, 0.3) is 0 Å². The Morgan fingerprint density at radius 2 is 2.43 bits per heavy atom. The summed E-state index contributed by atoms with van der Waals surface area (Å²) in [5.41, 5.74) is 0. The minimum atomic E-state index is -0.172. The summed E-state index contributed by atoms with van der Waals surface area (Å²) in [6.45, 7) is 4.71. The Morgan fingerprint density at radius 3 is 3.07 bits per heavy atom.